The molecule has 1 heterocycles. The maximum Gasteiger partial charge on any atom is 0.245 e. The van der Waals surface area contributed by atoms with Crippen LogP contribution >= 0.6 is 32.6 Å². The van der Waals surface area contributed by atoms with Crippen LogP contribution in [0, 0.1) is 5.92 Å². The molecule has 13 heteroatoms. The van der Waals surface area contributed by atoms with Crippen LogP contribution in [-0.4, -0.2) is 76.9 Å². The molecule has 0 aliphatic carbocycles. The van der Waals surface area contributed by atoms with Gasteiger partial charge in [0.25, 0.3) is 0 Å². The predicted molar refractivity (Wildman–Crippen MR) is 152 cm³/mol. The molecular weight excluding hydrogens is 540 g/mol. The molecule has 37 heavy (non-hydrogen) atoms. The first-order valence-electron chi connectivity index (χ1n) is 12.4. The van der Waals surface area contributed by atoms with Crippen molar-refractivity contribution < 1.29 is 23.8 Å². The van der Waals surface area contributed by atoms with E-state index in [0.717, 1.165) is 12.2 Å². The number of amidine groups is 1. The zero-order chi connectivity index (χ0) is 27.5. The minimum atomic E-state index is -0.232. The van der Waals surface area contributed by atoms with Crippen LogP contribution in [0.5, 0.6) is 0 Å². The lowest BCUT2D eigenvalue weighted by Crippen LogP contribution is -2.34. The summed E-state index contributed by atoms with van der Waals surface area (Å²) >= 11 is 12.1. The molecule has 3 N–H and O–H groups in total. The Labute approximate surface area is 232 Å². The number of hydrazone groups is 1. The maximum atomic E-state index is 12.3. The van der Waals surface area contributed by atoms with E-state index in [2.05, 4.69) is 30.2 Å². The highest BCUT2D eigenvalue weighted by molar-refractivity contribution is 7.13. The number of hydrogen-bond donors (Lipinski definition) is 3. The van der Waals surface area contributed by atoms with E-state index in [1.54, 1.807) is 17.1 Å². The molecule has 1 aromatic rings. The molecule has 2 atom stereocenters. The Morgan fingerprint density at radius 2 is 1.70 bits per heavy atom. The molecule has 10 nitrogen and oxygen atoms in total. The molecule has 1 aliphatic heterocycles. The Morgan fingerprint density at radius 1 is 1.03 bits per heavy atom. The van der Waals surface area contributed by atoms with Crippen molar-refractivity contribution in [2.75, 3.05) is 64.3 Å². The van der Waals surface area contributed by atoms with Gasteiger partial charge < -0.3 is 24.8 Å². The van der Waals surface area contributed by atoms with Crippen LogP contribution in [-0.2, 0) is 23.8 Å². The first kappa shape index (κ1) is 33.5. The highest BCUT2D eigenvalue weighted by atomic mass is 35.5. The van der Waals surface area contributed by atoms with Crippen molar-refractivity contribution in [2.24, 2.45) is 11.0 Å². The van der Waals surface area contributed by atoms with E-state index < -0.39 is 0 Å². The number of carbonyl (C=O) groups excluding carboxylic acids is 2. The third-order valence-electron chi connectivity index (χ3n) is 4.88. The van der Waals surface area contributed by atoms with Gasteiger partial charge in [-0.05, 0) is 24.6 Å². The molecule has 0 aromatic heterocycles. The first-order valence-corrected chi connectivity index (χ1v) is 13.8. The van der Waals surface area contributed by atoms with Gasteiger partial charge in [-0.25, -0.2) is 0 Å². The fourth-order valence-corrected chi connectivity index (χ4v) is 3.45. The van der Waals surface area contributed by atoms with E-state index in [1.165, 1.54) is 0 Å². The lowest BCUT2D eigenvalue weighted by molar-refractivity contribution is -0.126. The van der Waals surface area contributed by atoms with Gasteiger partial charge in [-0.15, -0.1) is 0 Å². The molecule has 2 unspecified atom stereocenters. The second-order valence-electron chi connectivity index (χ2n) is 7.80. The van der Waals surface area contributed by atoms with Crippen molar-refractivity contribution >= 4 is 55.9 Å². The monoisotopic (exact) mass is 579 g/mol. The molecule has 0 bridgehead atoms. The van der Waals surface area contributed by atoms with E-state index in [0.29, 0.717) is 68.4 Å². The Hall–Kier alpha value is -1.52. The van der Waals surface area contributed by atoms with E-state index in [9.17, 15) is 9.59 Å². The largest absolute Gasteiger partial charge is 0.378 e. The molecular formula is C24H40Cl2N5O5P. The highest BCUT2D eigenvalue weighted by Gasteiger charge is 2.25. The average molecular weight is 580 g/mol. The highest BCUT2D eigenvalue weighted by Crippen LogP contribution is 2.29. The van der Waals surface area contributed by atoms with Crippen molar-refractivity contribution in [3.05, 3.63) is 28.2 Å². The SMILES string of the molecule is CC.CC1CN(c2ccc(Cl)c(Cl)c2)N=C1NC(=O)CCCNC(=O)COCCOCCOCCNP. The average Bonchev–Trinajstić information content (AvgIpc) is 3.25. The number of ether oxygens (including phenoxy) is 3. The predicted octanol–water partition coefficient (Wildman–Crippen LogP) is 3.23. The summed E-state index contributed by atoms with van der Waals surface area (Å²) in [5, 5.41) is 15.7. The van der Waals surface area contributed by atoms with Gasteiger partial charge in [-0.3, -0.25) is 19.7 Å². The molecule has 0 saturated heterocycles. The minimum Gasteiger partial charge on any atom is -0.378 e. The molecule has 0 radical (unpaired) electrons. The third kappa shape index (κ3) is 14.3. The molecule has 1 aliphatic rings. The number of nitrogens with zero attached hydrogens (tertiary/aromatic N) is 2. The summed E-state index contributed by atoms with van der Waals surface area (Å²) in [7, 11) is 2.41. The quantitative estimate of drug-likeness (QED) is 0.203. The van der Waals surface area contributed by atoms with Gasteiger partial charge in [0, 0.05) is 25.4 Å². The summed E-state index contributed by atoms with van der Waals surface area (Å²) in [6.45, 7) is 10.0. The summed E-state index contributed by atoms with van der Waals surface area (Å²) in [6, 6.07) is 5.29. The first-order chi connectivity index (χ1) is 17.9. The van der Waals surface area contributed by atoms with Crippen molar-refractivity contribution in [3.63, 3.8) is 0 Å². The van der Waals surface area contributed by atoms with Crippen molar-refractivity contribution in [2.45, 2.75) is 33.6 Å². The van der Waals surface area contributed by atoms with Crippen LogP contribution < -0.4 is 20.7 Å². The fraction of sp³-hybridized carbons (Fsp3) is 0.625. The number of halogens is 2. The molecule has 1 aromatic carbocycles. The van der Waals surface area contributed by atoms with E-state index in [1.807, 2.05) is 26.8 Å². The fourth-order valence-electron chi connectivity index (χ4n) is 3.04. The molecule has 0 spiro atoms. The Morgan fingerprint density at radius 3 is 2.38 bits per heavy atom. The molecule has 210 valence electrons. The van der Waals surface area contributed by atoms with Gasteiger partial charge in [-0.1, -0.05) is 53.4 Å². The molecule has 2 rings (SSSR count). The van der Waals surface area contributed by atoms with E-state index >= 15 is 0 Å². The normalized spacial score (nSPS) is 14.6. The van der Waals surface area contributed by atoms with Crippen LogP contribution in [0.25, 0.3) is 0 Å². The van der Waals surface area contributed by atoms with Gasteiger partial charge in [0.2, 0.25) is 11.8 Å². The van der Waals surface area contributed by atoms with Crippen LogP contribution in [0.2, 0.25) is 10.0 Å². The Bertz CT molecular complexity index is 850. The van der Waals surface area contributed by atoms with Gasteiger partial charge >= 0.3 is 0 Å². The third-order valence-corrected chi connectivity index (χ3v) is 5.91. The maximum absolute atomic E-state index is 12.3. The van der Waals surface area contributed by atoms with Crippen LogP contribution in [0.1, 0.15) is 33.6 Å². The van der Waals surface area contributed by atoms with Gasteiger partial charge in [0.1, 0.15) is 12.4 Å². The van der Waals surface area contributed by atoms with Gasteiger partial charge in [0.15, 0.2) is 0 Å². The van der Waals surface area contributed by atoms with Crippen molar-refractivity contribution in [3.8, 4) is 0 Å². The number of amides is 2. The zero-order valence-electron chi connectivity index (χ0n) is 21.9. The summed E-state index contributed by atoms with van der Waals surface area (Å²) < 4.78 is 15.9. The summed E-state index contributed by atoms with van der Waals surface area (Å²) in [5.74, 6) is 0.274. The number of benzene rings is 1. The van der Waals surface area contributed by atoms with Crippen molar-refractivity contribution in [1.29, 1.82) is 0 Å². The zero-order valence-corrected chi connectivity index (χ0v) is 24.5. The van der Waals surface area contributed by atoms with Crippen LogP contribution in [0.15, 0.2) is 23.3 Å². The van der Waals surface area contributed by atoms with Gasteiger partial charge in [-0.2, -0.15) is 5.10 Å². The second kappa shape index (κ2) is 20.4. The lowest BCUT2D eigenvalue weighted by Gasteiger charge is -2.14. The van der Waals surface area contributed by atoms with Crippen molar-refractivity contribution in [1.82, 2.24) is 15.7 Å². The number of anilines is 1. The topological polar surface area (TPSA) is 114 Å². The lowest BCUT2D eigenvalue weighted by atomic mass is 10.1. The standard InChI is InChI=1S/C22H34Cl2N5O5P.C2H6/c1-16-14-29(17-4-5-18(23)19(24)13-17)28-22(16)27-20(30)3-2-6-25-21(31)15-34-12-11-33-10-9-32-8-7-26-35;1-2/h4-5,13,16,26H,2-3,6-12,14-15,35H2,1H3,(H,25,31)(H,27,28,30);1-2H3. The van der Waals surface area contributed by atoms with Crippen LogP contribution in [0.3, 0.4) is 0 Å². The van der Waals surface area contributed by atoms with E-state index in [4.69, 9.17) is 37.4 Å². The second-order valence-corrected chi connectivity index (χ2v) is 9.02. The van der Waals surface area contributed by atoms with Gasteiger partial charge in [0.05, 0.1) is 55.3 Å². The van der Waals surface area contributed by atoms with E-state index in [-0.39, 0.29) is 30.8 Å². The smallest absolute Gasteiger partial charge is 0.245 e. The minimum absolute atomic E-state index is 0.0508. The molecule has 2 amide bonds. The number of carbonyl (C=O) groups is 2. The Balaban J connectivity index is 0.00000334. The number of rotatable bonds is 16. The number of hydrogen-bond acceptors (Lipinski definition) is 8. The molecule has 0 fully saturated rings. The van der Waals surface area contributed by atoms with Crippen LogP contribution in [0.4, 0.5) is 5.69 Å². The summed E-state index contributed by atoms with van der Waals surface area (Å²) in [4.78, 5) is 24.1. The Kier molecular flexibility index (Phi) is 18.5. The number of nitrogens with one attached hydrogen (secondary N) is 3. The summed E-state index contributed by atoms with van der Waals surface area (Å²) in [6.07, 6.45) is 0.772. The summed E-state index contributed by atoms with van der Waals surface area (Å²) in [5.41, 5.74) is 0.806. The molecule has 0 saturated carbocycles.